The SMILES string of the molecule is Cc1ccc(N(C)c2ccc(C=O)cc2)c(C)c1. The molecule has 18 heavy (non-hydrogen) atoms. The minimum absolute atomic E-state index is 0.702. The maximum absolute atomic E-state index is 10.6. The average molecular weight is 239 g/mol. The van der Waals surface area contributed by atoms with Gasteiger partial charge in [0.1, 0.15) is 6.29 Å². The Labute approximate surface area is 108 Å². The molecule has 0 saturated carbocycles. The minimum atomic E-state index is 0.702. The molecule has 0 aliphatic rings. The molecule has 0 radical (unpaired) electrons. The van der Waals surface area contributed by atoms with E-state index in [9.17, 15) is 4.79 Å². The zero-order valence-electron chi connectivity index (χ0n) is 11.0. The largest absolute Gasteiger partial charge is 0.344 e. The van der Waals surface area contributed by atoms with Gasteiger partial charge in [0.05, 0.1) is 0 Å². The summed E-state index contributed by atoms with van der Waals surface area (Å²) in [6, 6.07) is 14.0. The van der Waals surface area contributed by atoms with Crippen molar-refractivity contribution in [3.63, 3.8) is 0 Å². The highest BCUT2D eigenvalue weighted by Gasteiger charge is 2.06. The molecule has 0 fully saturated rings. The molecule has 0 saturated heterocycles. The van der Waals surface area contributed by atoms with Crippen molar-refractivity contribution in [2.75, 3.05) is 11.9 Å². The first-order valence-electron chi connectivity index (χ1n) is 5.98. The lowest BCUT2D eigenvalue weighted by Crippen LogP contribution is -2.10. The van der Waals surface area contributed by atoms with Crippen LogP contribution in [0, 0.1) is 13.8 Å². The first-order valence-corrected chi connectivity index (χ1v) is 5.98. The van der Waals surface area contributed by atoms with Crippen LogP contribution in [0.4, 0.5) is 11.4 Å². The van der Waals surface area contributed by atoms with Gasteiger partial charge in [0.15, 0.2) is 0 Å². The number of nitrogens with zero attached hydrogens (tertiary/aromatic N) is 1. The Hall–Kier alpha value is -2.09. The highest BCUT2D eigenvalue weighted by molar-refractivity contribution is 5.76. The summed E-state index contributed by atoms with van der Waals surface area (Å²) in [7, 11) is 2.04. The number of benzene rings is 2. The summed E-state index contributed by atoms with van der Waals surface area (Å²) in [5.74, 6) is 0. The first-order chi connectivity index (χ1) is 8.61. The van der Waals surface area contributed by atoms with Crippen molar-refractivity contribution < 1.29 is 4.79 Å². The lowest BCUT2D eigenvalue weighted by molar-refractivity contribution is 0.112. The van der Waals surface area contributed by atoms with E-state index in [1.165, 1.54) is 16.8 Å². The lowest BCUT2D eigenvalue weighted by atomic mass is 10.1. The van der Waals surface area contributed by atoms with Crippen LogP contribution < -0.4 is 4.90 Å². The first kappa shape index (κ1) is 12.4. The molecule has 2 heteroatoms. The van der Waals surface area contributed by atoms with Crippen LogP contribution in [0.5, 0.6) is 0 Å². The van der Waals surface area contributed by atoms with E-state index in [0.717, 1.165) is 12.0 Å². The number of carbonyl (C=O) groups excluding carboxylic acids is 1. The van der Waals surface area contributed by atoms with Crippen LogP contribution in [-0.4, -0.2) is 13.3 Å². The molecule has 0 aromatic heterocycles. The molecule has 2 rings (SSSR count). The number of carbonyl (C=O) groups is 1. The van der Waals surface area contributed by atoms with Gasteiger partial charge >= 0.3 is 0 Å². The normalized spacial score (nSPS) is 10.2. The van der Waals surface area contributed by atoms with Crippen LogP contribution in [0.1, 0.15) is 21.5 Å². The average Bonchev–Trinajstić information content (AvgIpc) is 2.38. The number of rotatable bonds is 3. The highest BCUT2D eigenvalue weighted by Crippen LogP contribution is 2.27. The maximum Gasteiger partial charge on any atom is 0.150 e. The number of aldehydes is 1. The van der Waals surface area contributed by atoms with Crippen LogP contribution in [-0.2, 0) is 0 Å². The standard InChI is InChI=1S/C16H17NO/c1-12-4-9-16(13(2)10-12)17(3)15-7-5-14(11-18)6-8-15/h4-11H,1-3H3. The van der Waals surface area contributed by atoms with Gasteiger partial charge in [-0.2, -0.15) is 0 Å². The van der Waals surface area contributed by atoms with Gasteiger partial charge in [-0.3, -0.25) is 4.79 Å². The van der Waals surface area contributed by atoms with Crippen molar-refractivity contribution in [2.45, 2.75) is 13.8 Å². The second-order valence-corrected chi connectivity index (χ2v) is 4.56. The van der Waals surface area contributed by atoms with Gasteiger partial charge in [-0.25, -0.2) is 0 Å². The van der Waals surface area contributed by atoms with E-state index in [4.69, 9.17) is 0 Å². The Morgan fingerprint density at radius 2 is 1.67 bits per heavy atom. The highest BCUT2D eigenvalue weighted by atomic mass is 16.1. The van der Waals surface area contributed by atoms with E-state index in [-0.39, 0.29) is 0 Å². The summed E-state index contributed by atoms with van der Waals surface area (Å²) in [6.45, 7) is 4.20. The lowest BCUT2D eigenvalue weighted by Gasteiger charge is -2.22. The van der Waals surface area contributed by atoms with Gasteiger partial charge in [-0.05, 0) is 49.7 Å². The summed E-state index contributed by atoms with van der Waals surface area (Å²) in [5, 5.41) is 0. The topological polar surface area (TPSA) is 20.3 Å². The quantitative estimate of drug-likeness (QED) is 0.757. The number of anilines is 2. The van der Waals surface area contributed by atoms with Crippen molar-refractivity contribution in [1.29, 1.82) is 0 Å². The summed E-state index contributed by atoms with van der Waals surface area (Å²) in [5.41, 5.74) is 5.47. The summed E-state index contributed by atoms with van der Waals surface area (Å²) < 4.78 is 0. The predicted octanol–water partition coefficient (Wildman–Crippen LogP) is 3.88. The predicted molar refractivity (Wildman–Crippen MR) is 75.8 cm³/mol. The molecule has 2 aromatic carbocycles. The smallest absolute Gasteiger partial charge is 0.150 e. The summed E-state index contributed by atoms with van der Waals surface area (Å²) in [4.78, 5) is 12.8. The molecule has 0 heterocycles. The van der Waals surface area contributed by atoms with Crippen molar-refractivity contribution >= 4 is 17.7 Å². The molecule has 0 spiro atoms. The van der Waals surface area contributed by atoms with Gasteiger partial charge in [0.25, 0.3) is 0 Å². The minimum Gasteiger partial charge on any atom is -0.344 e. The van der Waals surface area contributed by atoms with Crippen molar-refractivity contribution in [1.82, 2.24) is 0 Å². The van der Waals surface area contributed by atoms with E-state index in [1.54, 1.807) is 0 Å². The van der Waals surface area contributed by atoms with E-state index in [2.05, 4.69) is 36.9 Å². The van der Waals surface area contributed by atoms with Crippen LogP contribution in [0.2, 0.25) is 0 Å². The zero-order chi connectivity index (χ0) is 13.1. The molecule has 2 aromatic rings. The van der Waals surface area contributed by atoms with Crippen LogP contribution in [0.3, 0.4) is 0 Å². The van der Waals surface area contributed by atoms with Gasteiger partial charge in [0, 0.05) is 24.0 Å². The fraction of sp³-hybridized carbons (Fsp3) is 0.188. The Kier molecular flexibility index (Phi) is 3.47. The monoisotopic (exact) mass is 239 g/mol. The van der Waals surface area contributed by atoms with E-state index >= 15 is 0 Å². The van der Waals surface area contributed by atoms with Crippen molar-refractivity contribution in [3.8, 4) is 0 Å². The van der Waals surface area contributed by atoms with Gasteiger partial charge in [0.2, 0.25) is 0 Å². The van der Waals surface area contributed by atoms with Gasteiger partial charge in [-0.15, -0.1) is 0 Å². The molecular formula is C16H17NO. The third kappa shape index (κ3) is 2.43. The Balaban J connectivity index is 2.34. The van der Waals surface area contributed by atoms with E-state index in [1.807, 2.05) is 31.3 Å². The molecule has 0 N–H and O–H groups in total. The Morgan fingerprint density at radius 3 is 2.22 bits per heavy atom. The van der Waals surface area contributed by atoms with Crippen LogP contribution >= 0.6 is 0 Å². The number of hydrogen-bond acceptors (Lipinski definition) is 2. The van der Waals surface area contributed by atoms with Gasteiger partial charge in [-0.1, -0.05) is 17.7 Å². The molecule has 92 valence electrons. The van der Waals surface area contributed by atoms with Crippen LogP contribution in [0.25, 0.3) is 0 Å². The summed E-state index contributed by atoms with van der Waals surface area (Å²) in [6.07, 6.45) is 0.862. The number of aryl methyl sites for hydroxylation is 2. The molecule has 0 atom stereocenters. The van der Waals surface area contributed by atoms with Crippen LogP contribution in [0.15, 0.2) is 42.5 Å². The molecule has 0 bridgehead atoms. The second kappa shape index (κ2) is 5.05. The molecular weight excluding hydrogens is 222 g/mol. The molecule has 0 aliphatic heterocycles. The Morgan fingerprint density at radius 1 is 1.00 bits per heavy atom. The van der Waals surface area contributed by atoms with E-state index in [0.29, 0.717) is 5.56 Å². The molecule has 0 amide bonds. The molecule has 0 aliphatic carbocycles. The molecule has 0 unspecified atom stereocenters. The third-order valence-electron chi connectivity index (χ3n) is 3.13. The molecule has 2 nitrogen and oxygen atoms in total. The van der Waals surface area contributed by atoms with Crippen molar-refractivity contribution in [2.24, 2.45) is 0 Å². The van der Waals surface area contributed by atoms with E-state index < -0.39 is 0 Å². The number of hydrogen-bond donors (Lipinski definition) is 0. The fourth-order valence-corrected chi connectivity index (χ4v) is 2.10. The third-order valence-corrected chi connectivity index (χ3v) is 3.13. The summed E-state index contributed by atoms with van der Waals surface area (Å²) >= 11 is 0. The Bertz CT molecular complexity index is 558. The second-order valence-electron chi connectivity index (χ2n) is 4.56. The maximum atomic E-state index is 10.6. The fourth-order valence-electron chi connectivity index (χ4n) is 2.10. The zero-order valence-corrected chi connectivity index (χ0v) is 11.0. The van der Waals surface area contributed by atoms with Crippen molar-refractivity contribution in [3.05, 3.63) is 59.2 Å². The van der Waals surface area contributed by atoms with Gasteiger partial charge < -0.3 is 4.90 Å².